The molecule has 1 rings (SSSR count). The number of likely N-dealkylation sites (N-methyl/N-ethyl adjacent to an activating group) is 1. The van der Waals surface area contributed by atoms with Crippen LogP contribution in [0.25, 0.3) is 0 Å². The van der Waals surface area contributed by atoms with Gasteiger partial charge in [-0.15, -0.1) is 0 Å². The molecule has 1 heterocycles. The van der Waals surface area contributed by atoms with Gasteiger partial charge in [0.15, 0.2) is 0 Å². The minimum absolute atomic E-state index is 0.395. The van der Waals surface area contributed by atoms with Gasteiger partial charge in [-0.3, -0.25) is 4.90 Å². The predicted octanol–water partition coefficient (Wildman–Crippen LogP) is -0.354. The highest BCUT2D eigenvalue weighted by molar-refractivity contribution is 4.81. The summed E-state index contributed by atoms with van der Waals surface area (Å²) in [6.07, 6.45) is 0.789. The number of rotatable bonds is 8. The Morgan fingerprint density at radius 2 is 2.18 bits per heavy atom. The van der Waals surface area contributed by atoms with Crippen LogP contribution < -0.4 is 0 Å². The maximum absolute atomic E-state index is 9.81. The van der Waals surface area contributed by atoms with Crippen LogP contribution in [0.4, 0.5) is 0 Å². The summed E-state index contributed by atoms with van der Waals surface area (Å²) in [6, 6.07) is 0.622. The minimum atomic E-state index is -0.396. The second-order valence-electron chi connectivity index (χ2n) is 4.89. The van der Waals surface area contributed by atoms with Crippen LogP contribution >= 0.6 is 0 Å². The second kappa shape index (κ2) is 8.00. The van der Waals surface area contributed by atoms with Crippen molar-refractivity contribution in [1.29, 1.82) is 0 Å². The Bertz CT molecular complexity index is 202. The highest BCUT2D eigenvalue weighted by Crippen LogP contribution is 2.13. The van der Waals surface area contributed by atoms with Gasteiger partial charge in [0.2, 0.25) is 0 Å². The van der Waals surface area contributed by atoms with Crippen molar-refractivity contribution < 1.29 is 14.6 Å². The zero-order chi connectivity index (χ0) is 12.7. The van der Waals surface area contributed by atoms with E-state index >= 15 is 0 Å². The lowest BCUT2D eigenvalue weighted by atomic mass is 10.2. The Hall–Kier alpha value is -0.200. The summed E-state index contributed by atoms with van der Waals surface area (Å²) in [7, 11) is 5.86. The molecule has 0 aromatic carbocycles. The summed E-state index contributed by atoms with van der Waals surface area (Å²) < 4.78 is 10.2. The van der Waals surface area contributed by atoms with E-state index in [9.17, 15) is 5.11 Å². The number of nitrogens with zero attached hydrogens (tertiary/aromatic N) is 2. The molecule has 5 heteroatoms. The number of β-amino-alcohol motifs (C(OH)–C–C–N with tert-alkyl or cyclic N) is 1. The molecule has 17 heavy (non-hydrogen) atoms. The van der Waals surface area contributed by atoms with Gasteiger partial charge in [-0.05, 0) is 27.1 Å². The van der Waals surface area contributed by atoms with Crippen molar-refractivity contribution in [3.05, 3.63) is 0 Å². The van der Waals surface area contributed by atoms with Crippen molar-refractivity contribution >= 4 is 0 Å². The van der Waals surface area contributed by atoms with Crippen LogP contribution in [0, 0.1) is 0 Å². The van der Waals surface area contributed by atoms with Gasteiger partial charge >= 0.3 is 0 Å². The Kier molecular flexibility index (Phi) is 6.99. The van der Waals surface area contributed by atoms with E-state index in [4.69, 9.17) is 9.47 Å². The lowest BCUT2D eigenvalue weighted by Crippen LogP contribution is -2.36. The first-order chi connectivity index (χ1) is 8.13. The third kappa shape index (κ3) is 5.79. The first kappa shape index (κ1) is 14.9. The van der Waals surface area contributed by atoms with E-state index in [2.05, 4.69) is 23.9 Å². The van der Waals surface area contributed by atoms with Crippen LogP contribution in [0.1, 0.15) is 6.42 Å². The molecule has 0 aromatic rings. The molecule has 102 valence electrons. The average Bonchev–Trinajstić information content (AvgIpc) is 2.73. The molecule has 1 N–H and O–H groups in total. The van der Waals surface area contributed by atoms with Crippen LogP contribution in [0.15, 0.2) is 0 Å². The standard InChI is InChI=1S/C12H26N2O3/c1-13(2)11-4-5-14(8-11)9-12(15)10-17-7-6-16-3/h11-12,15H,4-10H2,1-3H3. The molecule has 5 nitrogen and oxygen atoms in total. The molecule has 2 unspecified atom stereocenters. The largest absolute Gasteiger partial charge is 0.389 e. The molecule has 0 saturated carbocycles. The Labute approximate surface area is 104 Å². The molecule has 1 saturated heterocycles. The smallest absolute Gasteiger partial charge is 0.0900 e. The van der Waals surface area contributed by atoms with Crippen molar-refractivity contribution in [3.8, 4) is 0 Å². The van der Waals surface area contributed by atoms with Gasteiger partial charge < -0.3 is 19.5 Å². The zero-order valence-electron chi connectivity index (χ0n) is 11.3. The fourth-order valence-corrected chi connectivity index (χ4v) is 2.11. The van der Waals surface area contributed by atoms with Gasteiger partial charge in [0.05, 0.1) is 25.9 Å². The van der Waals surface area contributed by atoms with E-state index < -0.39 is 6.10 Å². The van der Waals surface area contributed by atoms with Gasteiger partial charge in [-0.1, -0.05) is 0 Å². The third-order valence-corrected chi connectivity index (χ3v) is 3.19. The highest BCUT2D eigenvalue weighted by atomic mass is 16.5. The van der Waals surface area contributed by atoms with Crippen LogP contribution in [0.5, 0.6) is 0 Å². The number of hydrogen-bond acceptors (Lipinski definition) is 5. The molecule has 0 amide bonds. The Morgan fingerprint density at radius 1 is 1.41 bits per heavy atom. The number of methoxy groups -OCH3 is 1. The van der Waals surface area contributed by atoms with Gasteiger partial charge in [0.1, 0.15) is 0 Å². The van der Waals surface area contributed by atoms with Gasteiger partial charge in [-0.2, -0.15) is 0 Å². The van der Waals surface area contributed by atoms with Crippen LogP contribution in [0.3, 0.4) is 0 Å². The highest BCUT2D eigenvalue weighted by Gasteiger charge is 2.25. The van der Waals surface area contributed by atoms with Crippen molar-refractivity contribution in [2.24, 2.45) is 0 Å². The lowest BCUT2D eigenvalue weighted by Gasteiger charge is -2.22. The van der Waals surface area contributed by atoms with E-state index in [0.29, 0.717) is 32.4 Å². The summed E-state index contributed by atoms with van der Waals surface area (Å²) >= 11 is 0. The predicted molar refractivity (Wildman–Crippen MR) is 67.2 cm³/mol. The van der Waals surface area contributed by atoms with E-state index in [0.717, 1.165) is 13.1 Å². The van der Waals surface area contributed by atoms with E-state index in [-0.39, 0.29) is 0 Å². The fraction of sp³-hybridized carbons (Fsp3) is 1.00. The minimum Gasteiger partial charge on any atom is -0.389 e. The van der Waals surface area contributed by atoms with E-state index in [1.807, 2.05) is 0 Å². The molecule has 0 aliphatic carbocycles. The molecule has 0 bridgehead atoms. The van der Waals surface area contributed by atoms with Crippen LogP contribution in [-0.2, 0) is 9.47 Å². The molecule has 2 atom stereocenters. The number of hydrogen-bond donors (Lipinski definition) is 1. The van der Waals surface area contributed by atoms with Gasteiger partial charge in [0.25, 0.3) is 0 Å². The topological polar surface area (TPSA) is 45.2 Å². The van der Waals surface area contributed by atoms with Gasteiger partial charge in [0, 0.05) is 26.2 Å². The summed E-state index contributed by atoms with van der Waals surface area (Å²) in [4.78, 5) is 4.55. The summed E-state index contributed by atoms with van der Waals surface area (Å²) in [5, 5.41) is 9.81. The molecule has 0 radical (unpaired) electrons. The number of ether oxygens (including phenoxy) is 2. The summed E-state index contributed by atoms with van der Waals surface area (Å²) in [6.45, 7) is 4.34. The molecular weight excluding hydrogens is 220 g/mol. The Morgan fingerprint density at radius 3 is 2.76 bits per heavy atom. The normalized spacial score (nSPS) is 23.5. The second-order valence-corrected chi connectivity index (χ2v) is 4.89. The number of aliphatic hydroxyl groups excluding tert-OH is 1. The summed E-state index contributed by atoms with van der Waals surface area (Å²) in [5.74, 6) is 0. The zero-order valence-corrected chi connectivity index (χ0v) is 11.3. The molecule has 0 spiro atoms. The molecule has 0 aromatic heterocycles. The Balaban J connectivity index is 2.08. The van der Waals surface area contributed by atoms with Crippen LogP contribution in [-0.4, -0.2) is 87.7 Å². The third-order valence-electron chi connectivity index (χ3n) is 3.19. The fourth-order valence-electron chi connectivity index (χ4n) is 2.11. The first-order valence-corrected chi connectivity index (χ1v) is 6.27. The molecular formula is C12H26N2O3. The maximum atomic E-state index is 9.81. The lowest BCUT2D eigenvalue weighted by molar-refractivity contribution is 0.00159. The molecule has 1 aliphatic heterocycles. The summed E-state index contributed by atoms with van der Waals surface area (Å²) in [5.41, 5.74) is 0. The SMILES string of the molecule is COCCOCC(O)CN1CCC(N(C)C)C1. The monoisotopic (exact) mass is 246 g/mol. The van der Waals surface area contributed by atoms with E-state index in [1.165, 1.54) is 6.42 Å². The number of aliphatic hydroxyl groups is 1. The first-order valence-electron chi connectivity index (χ1n) is 6.27. The maximum Gasteiger partial charge on any atom is 0.0900 e. The molecule has 1 fully saturated rings. The van der Waals surface area contributed by atoms with Crippen LogP contribution in [0.2, 0.25) is 0 Å². The van der Waals surface area contributed by atoms with Crippen molar-refractivity contribution in [3.63, 3.8) is 0 Å². The number of likely N-dealkylation sites (tertiary alicyclic amines) is 1. The quantitative estimate of drug-likeness (QED) is 0.593. The van der Waals surface area contributed by atoms with Crippen molar-refractivity contribution in [2.45, 2.75) is 18.6 Å². The van der Waals surface area contributed by atoms with Crippen molar-refractivity contribution in [1.82, 2.24) is 9.80 Å². The molecule has 1 aliphatic rings. The van der Waals surface area contributed by atoms with Gasteiger partial charge in [-0.25, -0.2) is 0 Å². The average molecular weight is 246 g/mol. The van der Waals surface area contributed by atoms with Crippen molar-refractivity contribution in [2.75, 3.05) is 60.7 Å². The van der Waals surface area contributed by atoms with E-state index in [1.54, 1.807) is 7.11 Å².